The van der Waals surface area contributed by atoms with Crippen molar-refractivity contribution >= 4 is 5.97 Å². The molecule has 0 bridgehead atoms. The molecule has 224 valence electrons. The van der Waals surface area contributed by atoms with Gasteiger partial charge in [-0.2, -0.15) is 26.3 Å². The third kappa shape index (κ3) is 7.82. The van der Waals surface area contributed by atoms with Crippen LogP contribution in [0.15, 0.2) is 84.9 Å². The van der Waals surface area contributed by atoms with E-state index in [4.69, 9.17) is 0 Å². The van der Waals surface area contributed by atoms with E-state index in [1.165, 1.54) is 24.3 Å². The van der Waals surface area contributed by atoms with Gasteiger partial charge in [-0.3, -0.25) is 9.69 Å². The number of benzene rings is 3. The fraction of sp³-hybridized carbons (Fsp3) is 0.364. The standard InChI is InChI=1S/C33H33F6NO2/c1-21(2)3-16-29(25-6-4-23(5-7-25)24-8-12-27(13-9-24)32(34,35)36)40-18-17-22(20-31(41)42)19-30(40)26-10-14-28(15-11-26)33(37,38)39/h4-15,22,29-30H,1,3,16-20H2,2H3,(H,41,42). The van der Waals surface area contributed by atoms with Crippen LogP contribution in [0.2, 0.25) is 0 Å². The molecule has 0 spiro atoms. The van der Waals surface area contributed by atoms with Gasteiger partial charge in [-0.05, 0) is 91.6 Å². The number of allylic oxidation sites excluding steroid dienone is 1. The second kappa shape index (κ2) is 12.7. The first-order chi connectivity index (χ1) is 19.7. The summed E-state index contributed by atoms with van der Waals surface area (Å²) in [7, 11) is 0. The highest BCUT2D eigenvalue weighted by Crippen LogP contribution is 2.43. The van der Waals surface area contributed by atoms with Gasteiger partial charge in [-0.1, -0.05) is 54.1 Å². The second-order valence-corrected chi connectivity index (χ2v) is 11.1. The van der Waals surface area contributed by atoms with E-state index in [0.29, 0.717) is 43.4 Å². The zero-order chi connectivity index (χ0) is 30.7. The molecule has 1 aliphatic heterocycles. The van der Waals surface area contributed by atoms with Crippen molar-refractivity contribution in [3.63, 3.8) is 0 Å². The van der Waals surface area contributed by atoms with Crippen molar-refractivity contribution in [2.45, 2.75) is 63.5 Å². The van der Waals surface area contributed by atoms with Crippen molar-refractivity contribution in [2.75, 3.05) is 6.54 Å². The number of hydrogen-bond donors (Lipinski definition) is 1. The van der Waals surface area contributed by atoms with Gasteiger partial charge in [0.15, 0.2) is 0 Å². The van der Waals surface area contributed by atoms with Crippen LogP contribution in [0.5, 0.6) is 0 Å². The Hall–Kier alpha value is -3.59. The largest absolute Gasteiger partial charge is 0.481 e. The number of carboxylic acids is 1. The molecule has 4 rings (SSSR count). The van der Waals surface area contributed by atoms with Crippen molar-refractivity contribution in [3.05, 3.63) is 107 Å². The van der Waals surface area contributed by atoms with Gasteiger partial charge in [-0.15, -0.1) is 6.58 Å². The minimum atomic E-state index is -4.46. The maximum absolute atomic E-state index is 13.3. The zero-order valence-electron chi connectivity index (χ0n) is 23.2. The third-order valence-electron chi connectivity index (χ3n) is 7.92. The molecule has 1 aliphatic rings. The summed E-state index contributed by atoms with van der Waals surface area (Å²) >= 11 is 0. The molecule has 0 aliphatic carbocycles. The number of hydrogen-bond acceptors (Lipinski definition) is 2. The monoisotopic (exact) mass is 589 g/mol. The molecule has 0 saturated carbocycles. The maximum atomic E-state index is 13.3. The van der Waals surface area contributed by atoms with Crippen LogP contribution in [-0.2, 0) is 17.1 Å². The molecule has 0 aromatic heterocycles. The third-order valence-corrected chi connectivity index (χ3v) is 7.92. The molecule has 3 nitrogen and oxygen atoms in total. The van der Waals surface area contributed by atoms with Crippen molar-refractivity contribution in [1.82, 2.24) is 4.90 Å². The highest BCUT2D eigenvalue weighted by atomic mass is 19.4. The van der Waals surface area contributed by atoms with Crippen molar-refractivity contribution < 1.29 is 36.2 Å². The topological polar surface area (TPSA) is 40.5 Å². The highest BCUT2D eigenvalue weighted by Gasteiger charge is 2.36. The van der Waals surface area contributed by atoms with Crippen LogP contribution < -0.4 is 0 Å². The predicted molar refractivity (Wildman–Crippen MR) is 150 cm³/mol. The molecule has 0 amide bonds. The lowest BCUT2D eigenvalue weighted by atomic mass is 9.82. The first-order valence-electron chi connectivity index (χ1n) is 13.8. The lowest BCUT2D eigenvalue weighted by molar-refractivity contribution is -0.139. The van der Waals surface area contributed by atoms with Gasteiger partial charge >= 0.3 is 18.3 Å². The summed E-state index contributed by atoms with van der Waals surface area (Å²) in [4.78, 5) is 13.7. The molecule has 1 fully saturated rings. The lowest BCUT2D eigenvalue weighted by Crippen LogP contribution is -2.40. The van der Waals surface area contributed by atoms with E-state index < -0.39 is 29.4 Å². The number of piperidine rings is 1. The van der Waals surface area contributed by atoms with E-state index in [1.54, 1.807) is 0 Å². The van der Waals surface area contributed by atoms with Gasteiger partial charge < -0.3 is 5.11 Å². The van der Waals surface area contributed by atoms with Gasteiger partial charge in [0.2, 0.25) is 0 Å². The summed E-state index contributed by atoms with van der Waals surface area (Å²) in [6, 6.07) is 17.2. The van der Waals surface area contributed by atoms with Gasteiger partial charge in [0.25, 0.3) is 0 Å². The summed E-state index contributed by atoms with van der Waals surface area (Å²) in [5.74, 6) is -1.02. The summed E-state index contributed by atoms with van der Waals surface area (Å²) in [5, 5.41) is 9.42. The summed E-state index contributed by atoms with van der Waals surface area (Å²) in [5.41, 5.74) is 2.57. The summed E-state index contributed by atoms with van der Waals surface area (Å²) in [6.07, 6.45) is -6.36. The van der Waals surface area contributed by atoms with Gasteiger partial charge in [0.05, 0.1) is 11.1 Å². The number of alkyl halides is 6. The van der Waals surface area contributed by atoms with Gasteiger partial charge in [0.1, 0.15) is 0 Å². The number of halogens is 6. The number of aliphatic carboxylic acids is 1. The lowest BCUT2D eigenvalue weighted by Gasteiger charge is -2.44. The first kappa shape index (κ1) is 31.3. The predicted octanol–water partition coefficient (Wildman–Crippen LogP) is 9.72. The van der Waals surface area contributed by atoms with Crippen LogP contribution >= 0.6 is 0 Å². The number of nitrogens with zero attached hydrogens (tertiary/aromatic N) is 1. The second-order valence-electron chi connectivity index (χ2n) is 11.1. The quantitative estimate of drug-likeness (QED) is 0.200. The minimum Gasteiger partial charge on any atom is -0.481 e. The fourth-order valence-corrected chi connectivity index (χ4v) is 5.74. The van der Waals surface area contributed by atoms with E-state index in [2.05, 4.69) is 11.5 Å². The number of carboxylic acid groups (broad SMARTS) is 1. The van der Waals surface area contributed by atoms with Crippen LogP contribution in [-0.4, -0.2) is 22.5 Å². The molecule has 3 atom stereocenters. The van der Waals surface area contributed by atoms with Crippen LogP contribution in [0, 0.1) is 5.92 Å². The average molecular weight is 590 g/mol. The SMILES string of the molecule is C=C(C)CCC(c1ccc(-c2ccc(C(F)(F)F)cc2)cc1)N1CCC(CC(=O)O)CC1c1ccc(C(F)(F)F)cc1. The Kier molecular flexibility index (Phi) is 9.50. The van der Waals surface area contributed by atoms with Crippen LogP contribution in [0.1, 0.15) is 73.4 Å². The van der Waals surface area contributed by atoms with E-state index in [-0.39, 0.29) is 24.4 Å². The molecular formula is C33H33F6NO2. The molecule has 1 heterocycles. The molecule has 0 radical (unpaired) electrons. The average Bonchev–Trinajstić information content (AvgIpc) is 2.93. The Morgan fingerprint density at radius 2 is 1.38 bits per heavy atom. The summed E-state index contributed by atoms with van der Waals surface area (Å²) in [6.45, 7) is 6.52. The number of likely N-dealkylation sites (tertiary alicyclic amines) is 1. The molecule has 1 saturated heterocycles. The Morgan fingerprint density at radius 3 is 1.86 bits per heavy atom. The van der Waals surface area contributed by atoms with E-state index in [0.717, 1.165) is 41.0 Å². The van der Waals surface area contributed by atoms with Crippen molar-refractivity contribution in [2.24, 2.45) is 5.92 Å². The molecule has 42 heavy (non-hydrogen) atoms. The van der Waals surface area contributed by atoms with Crippen molar-refractivity contribution in [1.29, 1.82) is 0 Å². The Morgan fingerprint density at radius 1 is 0.881 bits per heavy atom. The normalized spacial score (nSPS) is 18.9. The Labute approximate surface area is 241 Å². The smallest absolute Gasteiger partial charge is 0.416 e. The number of rotatable bonds is 9. The zero-order valence-corrected chi connectivity index (χ0v) is 23.2. The first-order valence-corrected chi connectivity index (χ1v) is 13.8. The molecular weight excluding hydrogens is 556 g/mol. The van der Waals surface area contributed by atoms with Gasteiger partial charge in [-0.25, -0.2) is 0 Å². The molecule has 3 aromatic rings. The van der Waals surface area contributed by atoms with Crippen molar-refractivity contribution in [3.8, 4) is 11.1 Å². The van der Waals surface area contributed by atoms with E-state index >= 15 is 0 Å². The number of carbonyl (C=O) groups is 1. The maximum Gasteiger partial charge on any atom is 0.416 e. The highest BCUT2D eigenvalue weighted by molar-refractivity contribution is 5.67. The molecule has 1 N–H and O–H groups in total. The van der Waals surface area contributed by atoms with E-state index in [9.17, 15) is 36.2 Å². The van der Waals surface area contributed by atoms with Crippen LogP contribution in [0.4, 0.5) is 26.3 Å². The van der Waals surface area contributed by atoms with Gasteiger partial charge in [0, 0.05) is 18.5 Å². The molecule has 3 aromatic carbocycles. The molecule has 9 heteroatoms. The van der Waals surface area contributed by atoms with Crippen LogP contribution in [0.3, 0.4) is 0 Å². The van der Waals surface area contributed by atoms with E-state index in [1.807, 2.05) is 31.2 Å². The Balaban J connectivity index is 1.67. The van der Waals surface area contributed by atoms with Crippen LogP contribution in [0.25, 0.3) is 11.1 Å². The molecule has 3 unspecified atom stereocenters. The minimum absolute atomic E-state index is 0.0107. The fourth-order valence-electron chi connectivity index (χ4n) is 5.74. The summed E-state index contributed by atoms with van der Waals surface area (Å²) < 4.78 is 78.8. The Bertz CT molecular complexity index is 1360.